The van der Waals surface area contributed by atoms with E-state index >= 15 is 0 Å². The standard InChI is InChI=1S/C17H24N2O.C5H10O2/c1-13(20)19(12-14-7-9-18-10-8-14)17-11-16(17)15-5-3-2-4-6-15;1-5(2,3)7-4-6/h2-6,14,16-18H,7-12H2,1H3;4H,1-3H3. The summed E-state index contributed by atoms with van der Waals surface area (Å²) in [6, 6.07) is 11.1. The summed E-state index contributed by atoms with van der Waals surface area (Å²) >= 11 is 0. The van der Waals surface area contributed by atoms with Gasteiger partial charge in [-0.05, 0) is 64.6 Å². The highest BCUT2D eigenvalue weighted by atomic mass is 16.5. The summed E-state index contributed by atoms with van der Waals surface area (Å²) in [6.07, 6.45) is 3.54. The molecule has 1 heterocycles. The molecule has 0 bridgehead atoms. The first-order chi connectivity index (χ1) is 12.8. The predicted octanol–water partition coefficient (Wildman–Crippen LogP) is 3.35. The van der Waals surface area contributed by atoms with Gasteiger partial charge in [0.15, 0.2) is 0 Å². The Labute approximate surface area is 163 Å². The van der Waals surface area contributed by atoms with Gasteiger partial charge in [-0.1, -0.05) is 30.3 Å². The maximum Gasteiger partial charge on any atom is 0.293 e. The Morgan fingerprint density at radius 2 is 1.85 bits per heavy atom. The highest BCUT2D eigenvalue weighted by Gasteiger charge is 2.44. The molecule has 150 valence electrons. The highest BCUT2D eigenvalue weighted by Crippen LogP contribution is 2.45. The van der Waals surface area contributed by atoms with Crippen molar-refractivity contribution in [2.75, 3.05) is 19.6 Å². The number of amides is 1. The Morgan fingerprint density at radius 3 is 2.33 bits per heavy atom. The summed E-state index contributed by atoms with van der Waals surface area (Å²) in [4.78, 5) is 23.7. The van der Waals surface area contributed by atoms with Crippen LogP contribution < -0.4 is 5.32 Å². The van der Waals surface area contributed by atoms with Crippen molar-refractivity contribution in [1.29, 1.82) is 0 Å². The number of hydrogen-bond donors (Lipinski definition) is 1. The minimum atomic E-state index is -0.318. The molecule has 1 aromatic rings. The maximum atomic E-state index is 12.0. The number of piperidine rings is 1. The molecule has 0 radical (unpaired) electrons. The predicted molar refractivity (Wildman–Crippen MR) is 107 cm³/mol. The fraction of sp³-hybridized carbons (Fsp3) is 0.636. The third kappa shape index (κ3) is 7.33. The molecular weight excluding hydrogens is 340 g/mol. The van der Waals surface area contributed by atoms with Gasteiger partial charge in [-0.2, -0.15) is 0 Å². The van der Waals surface area contributed by atoms with Crippen molar-refractivity contribution in [2.24, 2.45) is 5.92 Å². The van der Waals surface area contributed by atoms with Gasteiger partial charge in [0.2, 0.25) is 5.91 Å². The van der Waals surface area contributed by atoms with Crippen LogP contribution in [0.4, 0.5) is 0 Å². The van der Waals surface area contributed by atoms with Crippen LogP contribution in [-0.2, 0) is 14.3 Å². The smallest absolute Gasteiger partial charge is 0.293 e. The van der Waals surface area contributed by atoms with Gasteiger partial charge in [-0.3, -0.25) is 9.59 Å². The SMILES string of the molecule is CC(=O)N(CC1CCNCC1)C1CC1c1ccccc1.CC(C)(C)OC=O. The van der Waals surface area contributed by atoms with Crippen LogP contribution in [0.5, 0.6) is 0 Å². The Morgan fingerprint density at radius 1 is 1.22 bits per heavy atom. The summed E-state index contributed by atoms with van der Waals surface area (Å²) in [5.41, 5.74) is 1.07. The maximum absolute atomic E-state index is 12.0. The van der Waals surface area contributed by atoms with E-state index in [1.54, 1.807) is 6.92 Å². The molecule has 1 N–H and O–H groups in total. The largest absolute Gasteiger partial charge is 0.462 e. The third-order valence-electron chi connectivity index (χ3n) is 5.10. The second kappa shape index (κ2) is 9.88. The fourth-order valence-electron chi connectivity index (χ4n) is 3.57. The van der Waals surface area contributed by atoms with Gasteiger partial charge in [-0.25, -0.2) is 0 Å². The number of nitrogens with one attached hydrogen (secondary N) is 1. The Bertz CT molecular complexity index is 591. The molecule has 2 aliphatic rings. The van der Waals surface area contributed by atoms with Gasteiger partial charge in [0, 0.05) is 25.4 Å². The second-order valence-electron chi connectivity index (χ2n) is 8.51. The van der Waals surface area contributed by atoms with Crippen LogP contribution >= 0.6 is 0 Å². The van der Waals surface area contributed by atoms with E-state index in [4.69, 9.17) is 0 Å². The van der Waals surface area contributed by atoms with Crippen LogP contribution in [0.25, 0.3) is 0 Å². The molecule has 0 aromatic heterocycles. The van der Waals surface area contributed by atoms with Gasteiger partial charge >= 0.3 is 0 Å². The molecule has 1 saturated carbocycles. The summed E-state index contributed by atoms with van der Waals surface area (Å²) in [5.74, 6) is 1.48. The van der Waals surface area contributed by atoms with E-state index in [9.17, 15) is 9.59 Å². The first-order valence-electron chi connectivity index (χ1n) is 9.96. The second-order valence-corrected chi connectivity index (χ2v) is 8.51. The quantitative estimate of drug-likeness (QED) is 0.803. The van der Waals surface area contributed by atoms with Gasteiger partial charge in [0.05, 0.1) is 0 Å². The molecule has 3 rings (SSSR count). The average Bonchev–Trinajstić information content (AvgIpc) is 3.41. The Balaban J connectivity index is 0.000000321. The van der Waals surface area contributed by atoms with Gasteiger partial charge in [0.25, 0.3) is 6.47 Å². The van der Waals surface area contributed by atoms with E-state index in [1.165, 1.54) is 18.4 Å². The van der Waals surface area contributed by atoms with E-state index in [1.807, 2.05) is 20.8 Å². The number of ether oxygens (including phenoxy) is 1. The Kier molecular flexibility index (Phi) is 7.84. The van der Waals surface area contributed by atoms with Crippen molar-refractivity contribution in [1.82, 2.24) is 10.2 Å². The van der Waals surface area contributed by atoms with Crippen LogP contribution in [0.3, 0.4) is 0 Å². The molecule has 2 atom stereocenters. The Hall–Kier alpha value is -1.88. The van der Waals surface area contributed by atoms with E-state index in [0.717, 1.165) is 26.1 Å². The molecule has 1 aliphatic carbocycles. The molecule has 0 spiro atoms. The summed E-state index contributed by atoms with van der Waals surface area (Å²) in [5, 5.41) is 3.39. The van der Waals surface area contributed by atoms with Gasteiger partial charge < -0.3 is 15.0 Å². The van der Waals surface area contributed by atoms with Crippen molar-refractivity contribution >= 4 is 12.4 Å². The lowest BCUT2D eigenvalue weighted by Crippen LogP contribution is -2.40. The molecule has 2 fully saturated rings. The molecule has 5 heteroatoms. The minimum Gasteiger partial charge on any atom is -0.462 e. The first-order valence-corrected chi connectivity index (χ1v) is 9.96. The molecular formula is C22H34N2O3. The third-order valence-corrected chi connectivity index (χ3v) is 5.10. The first kappa shape index (κ1) is 21.4. The summed E-state index contributed by atoms with van der Waals surface area (Å²) in [6.45, 7) is 10.8. The number of hydrogen-bond acceptors (Lipinski definition) is 4. The van der Waals surface area contributed by atoms with Gasteiger partial charge in [0.1, 0.15) is 5.60 Å². The van der Waals surface area contributed by atoms with Crippen LogP contribution in [0.1, 0.15) is 58.4 Å². The van der Waals surface area contributed by atoms with Crippen LogP contribution in [0, 0.1) is 5.92 Å². The molecule has 2 unspecified atom stereocenters. The number of nitrogens with zero attached hydrogens (tertiary/aromatic N) is 1. The molecule has 1 aromatic carbocycles. The van der Waals surface area contributed by atoms with Gasteiger partial charge in [-0.15, -0.1) is 0 Å². The lowest BCUT2D eigenvalue weighted by molar-refractivity contribution is -0.138. The molecule has 1 saturated heterocycles. The van der Waals surface area contributed by atoms with Crippen molar-refractivity contribution in [3.05, 3.63) is 35.9 Å². The van der Waals surface area contributed by atoms with Crippen LogP contribution in [-0.4, -0.2) is 48.6 Å². The van der Waals surface area contributed by atoms with Crippen molar-refractivity contribution in [3.8, 4) is 0 Å². The van der Waals surface area contributed by atoms with E-state index < -0.39 is 0 Å². The van der Waals surface area contributed by atoms with E-state index in [2.05, 4.69) is 45.3 Å². The monoisotopic (exact) mass is 374 g/mol. The lowest BCUT2D eigenvalue weighted by Gasteiger charge is -2.30. The zero-order chi connectivity index (χ0) is 19.9. The van der Waals surface area contributed by atoms with E-state index in [0.29, 0.717) is 24.3 Å². The molecule has 1 amide bonds. The van der Waals surface area contributed by atoms with Crippen molar-refractivity contribution < 1.29 is 14.3 Å². The zero-order valence-electron chi connectivity index (χ0n) is 17.1. The molecule has 1 aliphatic heterocycles. The van der Waals surface area contributed by atoms with Crippen LogP contribution in [0.15, 0.2) is 30.3 Å². The fourth-order valence-corrected chi connectivity index (χ4v) is 3.57. The number of benzene rings is 1. The number of carbonyl (C=O) groups excluding carboxylic acids is 2. The zero-order valence-corrected chi connectivity index (χ0v) is 17.1. The van der Waals surface area contributed by atoms with Crippen LogP contribution in [0.2, 0.25) is 0 Å². The number of carbonyl (C=O) groups is 2. The topological polar surface area (TPSA) is 58.6 Å². The summed E-state index contributed by atoms with van der Waals surface area (Å²) in [7, 11) is 0. The minimum absolute atomic E-state index is 0.243. The highest BCUT2D eigenvalue weighted by molar-refractivity contribution is 5.74. The lowest BCUT2D eigenvalue weighted by atomic mass is 9.97. The van der Waals surface area contributed by atoms with E-state index in [-0.39, 0.29) is 11.5 Å². The van der Waals surface area contributed by atoms with Crippen molar-refractivity contribution in [2.45, 2.75) is 64.5 Å². The summed E-state index contributed by atoms with van der Waals surface area (Å²) < 4.78 is 4.55. The van der Waals surface area contributed by atoms with Crippen molar-refractivity contribution in [3.63, 3.8) is 0 Å². The normalized spacial score (nSPS) is 22.2. The molecule has 5 nitrogen and oxygen atoms in total. The number of rotatable bonds is 5. The molecule has 27 heavy (non-hydrogen) atoms. The average molecular weight is 375 g/mol.